The Morgan fingerprint density at radius 1 is 1.11 bits per heavy atom. The minimum Gasteiger partial charge on any atom is -0.360 e. The van der Waals surface area contributed by atoms with Gasteiger partial charge in [-0.1, -0.05) is 29.4 Å². The molecule has 0 saturated carbocycles. The zero-order chi connectivity index (χ0) is 13.1. The van der Waals surface area contributed by atoms with Crippen molar-refractivity contribution < 1.29 is 4.52 Å². The molecular formula is C15H15N3O. The number of rotatable bonds is 4. The topological polar surface area (TPSA) is 51.0 Å². The van der Waals surface area contributed by atoms with Crippen molar-refractivity contribution in [3.8, 4) is 0 Å². The van der Waals surface area contributed by atoms with Crippen LogP contribution < -0.4 is 5.32 Å². The Labute approximate surface area is 111 Å². The fourth-order valence-electron chi connectivity index (χ4n) is 2.02. The van der Waals surface area contributed by atoms with Gasteiger partial charge in [-0.2, -0.15) is 0 Å². The number of aromatic nitrogens is 2. The molecule has 0 aliphatic heterocycles. The van der Waals surface area contributed by atoms with Crippen molar-refractivity contribution in [1.29, 1.82) is 0 Å². The first-order valence-electron chi connectivity index (χ1n) is 6.29. The van der Waals surface area contributed by atoms with Crippen LogP contribution in [0.25, 0.3) is 10.9 Å². The summed E-state index contributed by atoms with van der Waals surface area (Å²) in [4.78, 5) is 4.60. The summed E-state index contributed by atoms with van der Waals surface area (Å²) in [6.45, 7) is 3.29. The van der Waals surface area contributed by atoms with Gasteiger partial charge in [0.05, 0.1) is 23.4 Å². The monoisotopic (exact) mass is 253 g/mol. The third-order valence-electron chi connectivity index (χ3n) is 2.94. The quantitative estimate of drug-likeness (QED) is 0.776. The minimum absolute atomic E-state index is 0.662. The Kier molecular flexibility index (Phi) is 3.25. The van der Waals surface area contributed by atoms with Crippen molar-refractivity contribution in [3.05, 3.63) is 59.6 Å². The molecule has 96 valence electrons. The second kappa shape index (κ2) is 5.20. The average molecular weight is 253 g/mol. The molecule has 0 amide bonds. The van der Waals surface area contributed by atoms with Crippen molar-refractivity contribution in [2.75, 3.05) is 0 Å². The Morgan fingerprint density at radius 2 is 2.00 bits per heavy atom. The molecule has 19 heavy (non-hydrogen) atoms. The maximum Gasteiger partial charge on any atom is 0.150 e. The van der Waals surface area contributed by atoms with E-state index >= 15 is 0 Å². The molecule has 0 spiro atoms. The predicted octanol–water partition coefficient (Wildman–Crippen LogP) is 2.82. The van der Waals surface area contributed by atoms with Crippen LogP contribution in [0.5, 0.6) is 0 Å². The van der Waals surface area contributed by atoms with E-state index in [0.717, 1.165) is 28.1 Å². The Morgan fingerprint density at radius 3 is 2.84 bits per heavy atom. The van der Waals surface area contributed by atoms with Gasteiger partial charge >= 0.3 is 0 Å². The number of aryl methyl sites for hydroxylation is 1. The molecule has 0 fully saturated rings. The van der Waals surface area contributed by atoms with Crippen LogP contribution in [0.4, 0.5) is 0 Å². The first-order chi connectivity index (χ1) is 9.31. The number of hydrogen-bond donors (Lipinski definition) is 1. The molecule has 2 heterocycles. The van der Waals surface area contributed by atoms with Gasteiger partial charge in [0.25, 0.3) is 0 Å². The molecule has 1 N–H and O–H groups in total. The Hall–Kier alpha value is -2.20. The molecular weight excluding hydrogens is 238 g/mol. The zero-order valence-corrected chi connectivity index (χ0v) is 10.8. The van der Waals surface area contributed by atoms with Crippen LogP contribution in [0.2, 0.25) is 0 Å². The molecule has 4 heteroatoms. The second-order valence-electron chi connectivity index (χ2n) is 4.53. The van der Waals surface area contributed by atoms with Gasteiger partial charge in [0.2, 0.25) is 0 Å². The van der Waals surface area contributed by atoms with E-state index in [4.69, 9.17) is 4.52 Å². The maximum atomic E-state index is 5.14. The Balaban J connectivity index is 1.65. The van der Waals surface area contributed by atoms with E-state index in [1.165, 1.54) is 0 Å². The first-order valence-corrected chi connectivity index (χ1v) is 6.29. The van der Waals surface area contributed by atoms with E-state index in [2.05, 4.69) is 27.6 Å². The van der Waals surface area contributed by atoms with E-state index in [-0.39, 0.29) is 0 Å². The smallest absolute Gasteiger partial charge is 0.150 e. The lowest BCUT2D eigenvalue weighted by atomic mass is 10.2. The number of nitrogens with one attached hydrogen (secondary N) is 1. The summed E-state index contributed by atoms with van der Waals surface area (Å²) in [6, 6.07) is 14.2. The summed E-state index contributed by atoms with van der Waals surface area (Å²) in [5.41, 5.74) is 2.95. The van der Waals surface area contributed by atoms with Gasteiger partial charge in [-0.05, 0) is 19.1 Å². The highest BCUT2D eigenvalue weighted by Crippen LogP contribution is 2.11. The van der Waals surface area contributed by atoms with Crippen LogP contribution in [0, 0.1) is 6.92 Å². The fourth-order valence-corrected chi connectivity index (χ4v) is 2.02. The highest BCUT2D eigenvalue weighted by atomic mass is 16.5. The van der Waals surface area contributed by atoms with Crippen LogP contribution in [-0.2, 0) is 13.1 Å². The number of fused-ring (bicyclic) bond motifs is 1. The summed E-state index contributed by atoms with van der Waals surface area (Å²) < 4.78 is 5.14. The van der Waals surface area contributed by atoms with E-state index in [1.807, 2.05) is 37.3 Å². The van der Waals surface area contributed by atoms with E-state index in [9.17, 15) is 0 Å². The largest absolute Gasteiger partial charge is 0.360 e. The van der Waals surface area contributed by atoms with Gasteiger partial charge in [0.1, 0.15) is 0 Å². The molecule has 0 aliphatic rings. The normalized spacial score (nSPS) is 11.0. The van der Waals surface area contributed by atoms with Gasteiger partial charge in [0, 0.05) is 18.0 Å². The standard InChI is InChI=1S/C15H15N3O/c1-11-8-14(19-18-11)10-16-9-13-7-6-12-4-2-3-5-15(12)17-13/h2-8,16H,9-10H2,1H3. The SMILES string of the molecule is Cc1cc(CNCc2ccc3ccccc3n2)on1. The third-order valence-corrected chi connectivity index (χ3v) is 2.94. The summed E-state index contributed by atoms with van der Waals surface area (Å²) >= 11 is 0. The highest BCUT2D eigenvalue weighted by molar-refractivity contribution is 5.78. The molecule has 0 bridgehead atoms. The molecule has 3 rings (SSSR count). The molecule has 0 aliphatic carbocycles. The van der Waals surface area contributed by atoms with Crippen LogP contribution in [0.3, 0.4) is 0 Å². The molecule has 2 aromatic heterocycles. The van der Waals surface area contributed by atoms with Gasteiger partial charge in [-0.15, -0.1) is 0 Å². The highest BCUT2D eigenvalue weighted by Gasteiger charge is 2.01. The number of pyridine rings is 1. The molecule has 3 aromatic rings. The van der Waals surface area contributed by atoms with E-state index < -0.39 is 0 Å². The third kappa shape index (κ3) is 2.80. The summed E-state index contributed by atoms with van der Waals surface area (Å²) in [6.07, 6.45) is 0. The van der Waals surface area contributed by atoms with Crippen LogP contribution in [0.15, 0.2) is 47.0 Å². The fraction of sp³-hybridized carbons (Fsp3) is 0.200. The molecule has 0 atom stereocenters. The molecule has 0 unspecified atom stereocenters. The number of hydrogen-bond acceptors (Lipinski definition) is 4. The van der Waals surface area contributed by atoms with Crippen molar-refractivity contribution in [3.63, 3.8) is 0 Å². The lowest BCUT2D eigenvalue weighted by molar-refractivity contribution is 0.369. The first kappa shape index (κ1) is 11.9. The van der Waals surface area contributed by atoms with Gasteiger partial charge in [-0.25, -0.2) is 0 Å². The van der Waals surface area contributed by atoms with Crippen LogP contribution in [-0.4, -0.2) is 10.1 Å². The lowest BCUT2D eigenvalue weighted by Gasteiger charge is -2.03. The molecule has 0 saturated heterocycles. The molecule has 0 radical (unpaired) electrons. The number of para-hydroxylation sites is 1. The van der Waals surface area contributed by atoms with Crippen molar-refractivity contribution in [2.45, 2.75) is 20.0 Å². The minimum atomic E-state index is 0.662. The number of nitrogens with zero attached hydrogens (tertiary/aromatic N) is 2. The second-order valence-corrected chi connectivity index (χ2v) is 4.53. The zero-order valence-electron chi connectivity index (χ0n) is 10.8. The number of benzene rings is 1. The maximum absolute atomic E-state index is 5.14. The molecule has 1 aromatic carbocycles. The van der Waals surface area contributed by atoms with Crippen LogP contribution in [0.1, 0.15) is 17.1 Å². The van der Waals surface area contributed by atoms with Crippen molar-refractivity contribution in [1.82, 2.24) is 15.5 Å². The molecule has 4 nitrogen and oxygen atoms in total. The summed E-state index contributed by atoms with van der Waals surface area (Å²) in [5.74, 6) is 0.846. The predicted molar refractivity (Wildman–Crippen MR) is 73.5 cm³/mol. The Bertz CT molecular complexity index is 690. The lowest BCUT2D eigenvalue weighted by Crippen LogP contribution is -2.13. The van der Waals surface area contributed by atoms with E-state index in [1.54, 1.807) is 0 Å². The van der Waals surface area contributed by atoms with Crippen molar-refractivity contribution >= 4 is 10.9 Å². The van der Waals surface area contributed by atoms with Crippen LogP contribution >= 0.6 is 0 Å². The van der Waals surface area contributed by atoms with Gasteiger partial charge in [-0.3, -0.25) is 4.98 Å². The summed E-state index contributed by atoms with van der Waals surface area (Å²) in [5, 5.41) is 8.32. The van der Waals surface area contributed by atoms with Gasteiger partial charge < -0.3 is 9.84 Å². The van der Waals surface area contributed by atoms with Crippen molar-refractivity contribution in [2.24, 2.45) is 0 Å². The van der Waals surface area contributed by atoms with Gasteiger partial charge in [0.15, 0.2) is 5.76 Å². The summed E-state index contributed by atoms with van der Waals surface area (Å²) in [7, 11) is 0. The average Bonchev–Trinajstić information content (AvgIpc) is 2.84. The van der Waals surface area contributed by atoms with E-state index in [0.29, 0.717) is 13.1 Å².